The van der Waals surface area contributed by atoms with Crippen LogP contribution in [0.2, 0.25) is 0 Å². The van der Waals surface area contributed by atoms with Gasteiger partial charge in [0.1, 0.15) is 5.76 Å². The van der Waals surface area contributed by atoms with Gasteiger partial charge in [-0.05, 0) is 24.6 Å². The molecule has 1 aliphatic heterocycles. The maximum Gasteiger partial charge on any atom is 0.295 e. The summed E-state index contributed by atoms with van der Waals surface area (Å²) in [7, 11) is 0. The minimum Gasteiger partial charge on any atom is -0.507 e. The summed E-state index contributed by atoms with van der Waals surface area (Å²) in [6, 6.07) is 9.39. The lowest BCUT2D eigenvalue weighted by molar-refractivity contribution is -0.385. The average molecular weight is 425 g/mol. The zero-order chi connectivity index (χ0) is 22.7. The van der Waals surface area contributed by atoms with Crippen molar-refractivity contribution in [3.8, 4) is 0 Å². The number of carbonyl (C=O) groups is 2. The van der Waals surface area contributed by atoms with Gasteiger partial charge in [-0.25, -0.2) is 0 Å². The number of non-ortho nitro benzene ring substituents is 1. The van der Waals surface area contributed by atoms with E-state index < -0.39 is 33.3 Å². The Hall–Kier alpha value is -4.08. The quantitative estimate of drug-likeness (QED) is 0.234. The van der Waals surface area contributed by atoms with E-state index in [4.69, 9.17) is 0 Å². The van der Waals surface area contributed by atoms with Crippen molar-refractivity contribution in [3.63, 3.8) is 0 Å². The van der Waals surface area contributed by atoms with E-state index in [0.717, 1.165) is 18.6 Å². The molecule has 1 N–H and O–H groups in total. The van der Waals surface area contributed by atoms with Gasteiger partial charge in [-0.2, -0.15) is 0 Å². The molecule has 160 valence electrons. The lowest BCUT2D eigenvalue weighted by Gasteiger charge is -2.25. The molecule has 0 saturated carbocycles. The third kappa shape index (κ3) is 4.00. The van der Waals surface area contributed by atoms with Crippen LogP contribution in [0.25, 0.3) is 5.76 Å². The lowest BCUT2D eigenvalue weighted by Crippen LogP contribution is -2.30. The number of unbranched alkanes of at least 4 members (excludes halogenated alkanes) is 1. The molecular weight excluding hydrogens is 406 g/mol. The molecule has 1 heterocycles. The molecule has 0 bridgehead atoms. The number of nitro groups is 2. The van der Waals surface area contributed by atoms with Gasteiger partial charge in [0.15, 0.2) is 0 Å². The molecule has 1 aliphatic rings. The Kier molecular flexibility index (Phi) is 6.10. The maximum atomic E-state index is 12.8. The van der Waals surface area contributed by atoms with Crippen LogP contribution >= 0.6 is 0 Å². The molecule has 3 rings (SSSR count). The number of amides is 1. The van der Waals surface area contributed by atoms with Crippen LogP contribution in [0.15, 0.2) is 54.1 Å². The molecule has 31 heavy (non-hydrogen) atoms. The van der Waals surface area contributed by atoms with Crippen molar-refractivity contribution in [1.29, 1.82) is 0 Å². The monoisotopic (exact) mass is 425 g/mol. The van der Waals surface area contributed by atoms with E-state index in [9.17, 15) is 34.9 Å². The maximum absolute atomic E-state index is 12.8. The molecule has 1 saturated heterocycles. The Morgan fingerprint density at radius 2 is 1.68 bits per heavy atom. The van der Waals surface area contributed by atoms with Gasteiger partial charge >= 0.3 is 0 Å². The van der Waals surface area contributed by atoms with Gasteiger partial charge in [0.25, 0.3) is 23.1 Å². The van der Waals surface area contributed by atoms with Crippen LogP contribution in [0.4, 0.5) is 11.4 Å². The average Bonchev–Trinajstić information content (AvgIpc) is 3.01. The largest absolute Gasteiger partial charge is 0.507 e. The Bertz CT molecular complexity index is 1090. The Labute approximate surface area is 176 Å². The molecule has 0 radical (unpaired) electrons. The fourth-order valence-corrected chi connectivity index (χ4v) is 3.54. The van der Waals surface area contributed by atoms with Crippen LogP contribution in [-0.2, 0) is 9.59 Å². The summed E-state index contributed by atoms with van der Waals surface area (Å²) in [4.78, 5) is 48.1. The topological polar surface area (TPSA) is 144 Å². The smallest absolute Gasteiger partial charge is 0.295 e. The number of hydrogen-bond acceptors (Lipinski definition) is 7. The third-order valence-electron chi connectivity index (χ3n) is 5.07. The summed E-state index contributed by atoms with van der Waals surface area (Å²) in [5, 5.41) is 33.3. The SMILES string of the molecule is CCCCN1C(=O)C(=O)C(=C(O)c2ccc([N+](=O)[O-])cc2)C1c1ccccc1[N+](=O)[O-]. The van der Waals surface area contributed by atoms with Gasteiger partial charge in [-0.3, -0.25) is 29.8 Å². The molecule has 0 spiro atoms. The fourth-order valence-electron chi connectivity index (χ4n) is 3.54. The van der Waals surface area contributed by atoms with E-state index >= 15 is 0 Å². The number of aliphatic hydroxyl groups excluding tert-OH is 1. The number of hydrogen-bond donors (Lipinski definition) is 1. The van der Waals surface area contributed by atoms with E-state index in [1.807, 2.05) is 6.92 Å². The number of para-hydroxylation sites is 1. The van der Waals surface area contributed by atoms with Crippen molar-refractivity contribution in [2.45, 2.75) is 25.8 Å². The van der Waals surface area contributed by atoms with Crippen LogP contribution in [0.1, 0.15) is 36.9 Å². The van der Waals surface area contributed by atoms with Gasteiger partial charge in [0, 0.05) is 30.3 Å². The number of benzene rings is 2. The van der Waals surface area contributed by atoms with Crippen LogP contribution in [-0.4, -0.2) is 38.1 Å². The molecule has 2 aromatic rings. The molecule has 1 unspecified atom stereocenters. The predicted molar refractivity (Wildman–Crippen MR) is 110 cm³/mol. The van der Waals surface area contributed by atoms with Crippen LogP contribution in [0.3, 0.4) is 0 Å². The van der Waals surface area contributed by atoms with Crippen molar-refractivity contribution in [1.82, 2.24) is 4.90 Å². The first-order valence-corrected chi connectivity index (χ1v) is 9.54. The van der Waals surface area contributed by atoms with E-state index in [2.05, 4.69) is 0 Å². The molecule has 2 aromatic carbocycles. The summed E-state index contributed by atoms with van der Waals surface area (Å²) in [5.41, 5.74) is -0.598. The number of nitrogens with zero attached hydrogens (tertiary/aromatic N) is 3. The van der Waals surface area contributed by atoms with E-state index in [0.29, 0.717) is 6.42 Å². The van der Waals surface area contributed by atoms with Crippen LogP contribution < -0.4 is 0 Å². The van der Waals surface area contributed by atoms with Crippen molar-refractivity contribution < 1.29 is 24.5 Å². The third-order valence-corrected chi connectivity index (χ3v) is 5.07. The van der Waals surface area contributed by atoms with Crippen molar-refractivity contribution in [3.05, 3.63) is 85.5 Å². The zero-order valence-corrected chi connectivity index (χ0v) is 16.6. The number of ketones is 1. The second kappa shape index (κ2) is 8.74. The number of carbonyl (C=O) groups excluding carboxylic acids is 2. The number of Topliss-reactive ketones (excluding diaryl/α,β-unsaturated/α-hetero) is 1. The molecule has 0 aromatic heterocycles. The van der Waals surface area contributed by atoms with E-state index in [1.54, 1.807) is 6.07 Å². The number of likely N-dealkylation sites (tertiary alicyclic amines) is 1. The molecular formula is C21H19N3O7. The standard InChI is InChI=1S/C21H19N3O7/c1-2-3-12-22-18(15-6-4-5-7-16(15)24(30)31)17(20(26)21(22)27)19(25)13-8-10-14(11-9-13)23(28)29/h4-11,18,25H,2-3,12H2,1H3. The highest BCUT2D eigenvalue weighted by atomic mass is 16.6. The van der Waals surface area contributed by atoms with Crippen molar-refractivity contribution in [2.75, 3.05) is 6.54 Å². The summed E-state index contributed by atoms with van der Waals surface area (Å²) in [5.74, 6) is -2.37. The van der Waals surface area contributed by atoms with Crippen LogP contribution in [0.5, 0.6) is 0 Å². The van der Waals surface area contributed by atoms with Crippen molar-refractivity contribution in [2.24, 2.45) is 0 Å². The van der Waals surface area contributed by atoms with Gasteiger partial charge in [-0.1, -0.05) is 25.5 Å². The number of nitro benzene ring substituents is 2. The molecule has 0 aliphatic carbocycles. The fraction of sp³-hybridized carbons (Fsp3) is 0.238. The zero-order valence-electron chi connectivity index (χ0n) is 16.6. The molecule has 1 amide bonds. The molecule has 1 atom stereocenters. The summed E-state index contributed by atoms with van der Waals surface area (Å²) < 4.78 is 0. The summed E-state index contributed by atoms with van der Waals surface area (Å²) >= 11 is 0. The highest BCUT2D eigenvalue weighted by molar-refractivity contribution is 6.46. The molecule has 10 nitrogen and oxygen atoms in total. The van der Waals surface area contributed by atoms with Gasteiger partial charge < -0.3 is 10.0 Å². The van der Waals surface area contributed by atoms with E-state index in [-0.39, 0.29) is 34.6 Å². The second-order valence-electron chi connectivity index (χ2n) is 6.97. The Balaban J connectivity index is 2.21. The number of rotatable bonds is 7. The molecule has 10 heteroatoms. The first kappa shape index (κ1) is 21.6. The second-order valence-corrected chi connectivity index (χ2v) is 6.97. The summed E-state index contributed by atoms with van der Waals surface area (Å²) in [6.07, 6.45) is 1.27. The molecule has 1 fully saturated rings. The van der Waals surface area contributed by atoms with Crippen molar-refractivity contribution >= 4 is 28.8 Å². The minimum atomic E-state index is -1.15. The first-order chi connectivity index (χ1) is 14.8. The highest BCUT2D eigenvalue weighted by Crippen LogP contribution is 2.42. The van der Waals surface area contributed by atoms with Gasteiger partial charge in [0.2, 0.25) is 0 Å². The summed E-state index contributed by atoms with van der Waals surface area (Å²) in [6.45, 7) is 2.07. The van der Waals surface area contributed by atoms with Gasteiger partial charge in [0.05, 0.1) is 27.0 Å². The number of aliphatic hydroxyl groups is 1. The minimum absolute atomic E-state index is 0.0858. The van der Waals surface area contributed by atoms with Gasteiger partial charge in [-0.15, -0.1) is 0 Å². The Morgan fingerprint density at radius 3 is 2.26 bits per heavy atom. The Morgan fingerprint density at radius 1 is 1.03 bits per heavy atom. The highest BCUT2D eigenvalue weighted by Gasteiger charge is 2.47. The van der Waals surface area contributed by atoms with E-state index in [1.165, 1.54) is 35.2 Å². The lowest BCUT2D eigenvalue weighted by atomic mass is 9.94. The normalized spacial score (nSPS) is 17.7. The first-order valence-electron chi connectivity index (χ1n) is 9.54. The predicted octanol–water partition coefficient (Wildman–Crippen LogP) is 3.72. The van der Waals surface area contributed by atoms with Crippen LogP contribution in [0, 0.1) is 20.2 Å².